The van der Waals surface area contributed by atoms with Gasteiger partial charge in [-0.2, -0.15) is 10.4 Å². The maximum atomic E-state index is 11.5. The number of nitrogens with zero attached hydrogens (tertiary/aromatic N) is 3. The summed E-state index contributed by atoms with van der Waals surface area (Å²) in [4.78, 5) is 11.5. The topological polar surface area (TPSA) is 67.9 Å². The molecule has 0 aliphatic carbocycles. The van der Waals surface area contributed by atoms with E-state index in [1.54, 1.807) is 31.2 Å². The van der Waals surface area contributed by atoms with Crippen molar-refractivity contribution < 1.29 is 9.53 Å². The van der Waals surface area contributed by atoms with Crippen LogP contribution in [0.2, 0.25) is 15.2 Å². The highest BCUT2D eigenvalue weighted by atomic mass is 35.5. The first kappa shape index (κ1) is 18.3. The van der Waals surface area contributed by atoms with Gasteiger partial charge in [-0.25, -0.2) is 9.48 Å². The predicted molar refractivity (Wildman–Crippen MR) is 93.1 cm³/mol. The van der Waals surface area contributed by atoms with Crippen LogP contribution in [0.3, 0.4) is 0 Å². The fraction of sp³-hybridized carbons (Fsp3) is 0.188. The summed E-state index contributed by atoms with van der Waals surface area (Å²) >= 11 is 18.7. The highest BCUT2D eigenvalue weighted by Gasteiger charge is 2.17. The number of hydrogen-bond acceptors (Lipinski definition) is 4. The first-order valence-corrected chi connectivity index (χ1v) is 7.88. The molecule has 8 heteroatoms. The monoisotopic (exact) mass is 383 g/mol. The molecule has 0 fully saturated rings. The summed E-state index contributed by atoms with van der Waals surface area (Å²) in [5.74, 6) is -0.741. The number of ether oxygens (including phenoxy) is 1. The van der Waals surface area contributed by atoms with Gasteiger partial charge in [0, 0.05) is 21.2 Å². The smallest absolute Gasteiger partial charge is 0.348 e. The number of rotatable bonds is 4. The van der Waals surface area contributed by atoms with Gasteiger partial charge in [0.05, 0.1) is 19.3 Å². The van der Waals surface area contributed by atoms with E-state index in [-0.39, 0.29) is 17.3 Å². The Bertz CT molecular complexity index is 846. The Labute approximate surface area is 154 Å². The number of benzene rings is 1. The van der Waals surface area contributed by atoms with Gasteiger partial charge < -0.3 is 4.74 Å². The molecule has 1 aromatic carbocycles. The largest absolute Gasteiger partial charge is 0.465 e. The van der Waals surface area contributed by atoms with E-state index in [1.165, 1.54) is 17.9 Å². The number of nitriles is 1. The van der Waals surface area contributed by atoms with E-state index in [0.29, 0.717) is 26.9 Å². The molecule has 24 heavy (non-hydrogen) atoms. The number of methoxy groups -OCH3 is 1. The van der Waals surface area contributed by atoms with E-state index in [2.05, 4.69) is 9.84 Å². The van der Waals surface area contributed by atoms with Crippen LogP contribution in [0.1, 0.15) is 16.8 Å². The summed E-state index contributed by atoms with van der Waals surface area (Å²) in [5, 5.41) is 14.6. The maximum Gasteiger partial charge on any atom is 0.348 e. The van der Waals surface area contributed by atoms with Crippen LogP contribution in [-0.4, -0.2) is 22.9 Å². The molecule has 124 valence electrons. The van der Waals surface area contributed by atoms with Crippen molar-refractivity contribution >= 4 is 46.8 Å². The highest BCUT2D eigenvalue weighted by molar-refractivity contribution is 6.36. The van der Waals surface area contributed by atoms with E-state index in [9.17, 15) is 4.79 Å². The lowest BCUT2D eigenvalue weighted by Crippen LogP contribution is -2.04. The molecule has 0 radical (unpaired) electrons. The minimum absolute atomic E-state index is 0.169. The number of carbonyl (C=O) groups is 1. The standard InChI is InChI=1S/C16H12Cl3N3O2/c1-9-11(6-10(7-20)16(23)24-2)15(19)22(21-9)8-12-13(17)4-3-5-14(12)18/h3-6H,8H2,1-2H3/b10-6+. The third-order valence-electron chi connectivity index (χ3n) is 3.29. The summed E-state index contributed by atoms with van der Waals surface area (Å²) in [5.41, 5.74) is 1.52. The van der Waals surface area contributed by atoms with Crippen LogP contribution < -0.4 is 0 Å². The lowest BCUT2D eigenvalue weighted by molar-refractivity contribution is -0.135. The molecule has 0 amide bonds. The van der Waals surface area contributed by atoms with Crippen LogP contribution in [0.25, 0.3) is 6.08 Å². The van der Waals surface area contributed by atoms with Gasteiger partial charge in [0.15, 0.2) is 0 Å². The third kappa shape index (κ3) is 3.73. The van der Waals surface area contributed by atoms with Gasteiger partial charge in [0.1, 0.15) is 16.8 Å². The molecule has 0 aliphatic heterocycles. The molecule has 0 bridgehead atoms. The first-order chi connectivity index (χ1) is 11.4. The Morgan fingerprint density at radius 3 is 2.54 bits per heavy atom. The minimum atomic E-state index is -0.741. The number of aromatic nitrogens is 2. The van der Waals surface area contributed by atoms with Crippen molar-refractivity contribution in [2.75, 3.05) is 7.11 Å². The van der Waals surface area contributed by atoms with E-state index in [4.69, 9.17) is 40.1 Å². The van der Waals surface area contributed by atoms with Crippen LogP contribution in [0.4, 0.5) is 0 Å². The van der Waals surface area contributed by atoms with Crippen molar-refractivity contribution in [1.82, 2.24) is 9.78 Å². The maximum absolute atomic E-state index is 11.5. The molecule has 1 aromatic heterocycles. The lowest BCUT2D eigenvalue weighted by Gasteiger charge is -2.08. The van der Waals surface area contributed by atoms with E-state index >= 15 is 0 Å². The first-order valence-electron chi connectivity index (χ1n) is 6.75. The molecule has 0 atom stereocenters. The van der Waals surface area contributed by atoms with Gasteiger partial charge >= 0.3 is 5.97 Å². The van der Waals surface area contributed by atoms with Gasteiger partial charge in [-0.15, -0.1) is 0 Å². The SMILES string of the molecule is COC(=O)/C(C#N)=C/c1c(C)nn(Cc2c(Cl)cccc2Cl)c1Cl. The van der Waals surface area contributed by atoms with Crippen LogP contribution in [0.15, 0.2) is 23.8 Å². The summed E-state index contributed by atoms with van der Waals surface area (Å²) in [6.07, 6.45) is 1.35. The van der Waals surface area contributed by atoms with Crippen LogP contribution in [0, 0.1) is 18.3 Å². The van der Waals surface area contributed by atoms with Crippen molar-refractivity contribution in [3.8, 4) is 6.07 Å². The quantitative estimate of drug-likeness (QED) is 0.448. The van der Waals surface area contributed by atoms with Gasteiger partial charge in [0.25, 0.3) is 0 Å². The van der Waals surface area contributed by atoms with E-state index in [0.717, 1.165) is 0 Å². The van der Waals surface area contributed by atoms with Crippen molar-refractivity contribution in [3.05, 3.63) is 55.8 Å². The van der Waals surface area contributed by atoms with Crippen molar-refractivity contribution in [1.29, 1.82) is 5.26 Å². The Hall–Kier alpha value is -2.00. The number of aryl methyl sites for hydroxylation is 1. The summed E-state index contributed by atoms with van der Waals surface area (Å²) in [7, 11) is 1.20. The minimum Gasteiger partial charge on any atom is -0.465 e. The zero-order valence-electron chi connectivity index (χ0n) is 12.8. The third-order valence-corrected chi connectivity index (χ3v) is 4.40. The molecule has 0 saturated carbocycles. The second-order valence-electron chi connectivity index (χ2n) is 4.81. The normalized spacial score (nSPS) is 11.2. The Morgan fingerprint density at radius 2 is 2.00 bits per heavy atom. The molecule has 0 saturated heterocycles. The zero-order valence-corrected chi connectivity index (χ0v) is 15.1. The van der Waals surface area contributed by atoms with Gasteiger partial charge in [-0.3, -0.25) is 0 Å². The molecule has 5 nitrogen and oxygen atoms in total. The summed E-state index contributed by atoms with van der Waals surface area (Å²) in [6, 6.07) is 6.97. The molecule has 2 rings (SSSR count). The fourth-order valence-electron chi connectivity index (χ4n) is 2.06. The number of halogens is 3. The molecule has 0 spiro atoms. The lowest BCUT2D eigenvalue weighted by atomic mass is 10.1. The van der Waals surface area contributed by atoms with E-state index < -0.39 is 5.97 Å². The number of esters is 1. The Morgan fingerprint density at radius 1 is 1.38 bits per heavy atom. The van der Waals surface area contributed by atoms with Crippen LogP contribution >= 0.6 is 34.8 Å². The molecular formula is C16H12Cl3N3O2. The van der Waals surface area contributed by atoms with Crippen molar-refractivity contribution in [2.45, 2.75) is 13.5 Å². The molecule has 0 aliphatic rings. The molecule has 1 heterocycles. The van der Waals surface area contributed by atoms with Crippen molar-refractivity contribution in [2.24, 2.45) is 0 Å². The average Bonchev–Trinajstić information content (AvgIpc) is 2.82. The predicted octanol–water partition coefficient (Wildman–Crippen LogP) is 4.28. The number of hydrogen-bond donors (Lipinski definition) is 0. The van der Waals surface area contributed by atoms with E-state index in [1.807, 2.05) is 0 Å². The second-order valence-corrected chi connectivity index (χ2v) is 5.98. The van der Waals surface area contributed by atoms with Crippen molar-refractivity contribution in [3.63, 3.8) is 0 Å². The highest BCUT2D eigenvalue weighted by Crippen LogP contribution is 2.28. The molecular weight excluding hydrogens is 373 g/mol. The number of carbonyl (C=O) groups excluding carboxylic acids is 1. The fourth-order valence-corrected chi connectivity index (χ4v) is 2.87. The van der Waals surface area contributed by atoms with Gasteiger partial charge in [-0.05, 0) is 25.1 Å². The summed E-state index contributed by atoms with van der Waals surface area (Å²) in [6.45, 7) is 1.97. The van der Waals surface area contributed by atoms with Gasteiger partial charge in [-0.1, -0.05) is 40.9 Å². The van der Waals surface area contributed by atoms with Crippen LogP contribution in [-0.2, 0) is 16.1 Å². The van der Waals surface area contributed by atoms with Crippen LogP contribution in [0.5, 0.6) is 0 Å². The zero-order chi connectivity index (χ0) is 17.9. The Balaban J connectivity index is 2.45. The second kappa shape index (κ2) is 7.71. The summed E-state index contributed by atoms with van der Waals surface area (Å²) < 4.78 is 6.06. The molecule has 0 N–H and O–H groups in total. The Kier molecular flexibility index (Phi) is 5.89. The molecule has 0 unspecified atom stereocenters. The molecule has 2 aromatic rings. The van der Waals surface area contributed by atoms with Gasteiger partial charge in [0.2, 0.25) is 0 Å². The average molecular weight is 385 g/mol.